The van der Waals surface area contributed by atoms with E-state index in [0.29, 0.717) is 5.57 Å². The van der Waals surface area contributed by atoms with Crippen LogP contribution in [0.1, 0.15) is 6.92 Å². The second kappa shape index (κ2) is 2.84. The first-order valence-corrected chi connectivity index (χ1v) is 3.12. The molecule has 0 spiro atoms. The molecule has 1 rings (SSSR count). The molecule has 1 heterocycles. The van der Waals surface area contributed by atoms with E-state index < -0.39 is 0 Å². The smallest absolute Gasteiger partial charge is 0.333 e. The molecule has 1 aliphatic heterocycles. The zero-order valence-corrected chi connectivity index (χ0v) is 6.09. The van der Waals surface area contributed by atoms with Crippen molar-refractivity contribution < 1.29 is 14.3 Å². The Morgan fingerprint density at radius 2 is 2.40 bits per heavy atom. The molecular weight excluding hydrogens is 132 g/mol. The summed E-state index contributed by atoms with van der Waals surface area (Å²) in [5.74, 6) is -0.282. The van der Waals surface area contributed by atoms with E-state index in [-0.39, 0.29) is 12.1 Å². The van der Waals surface area contributed by atoms with Gasteiger partial charge < -0.3 is 9.47 Å². The summed E-state index contributed by atoms with van der Waals surface area (Å²) >= 11 is 0. The number of esters is 1. The molecule has 1 aliphatic rings. The van der Waals surface area contributed by atoms with Gasteiger partial charge in [0.05, 0.1) is 19.8 Å². The van der Waals surface area contributed by atoms with E-state index in [2.05, 4.69) is 4.74 Å². The number of methoxy groups -OCH3 is 1. The maximum atomic E-state index is 10.7. The van der Waals surface area contributed by atoms with Gasteiger partial charge in [0, 0.05) is 5.57 Å². The number of hydrogen-bond donors (Lipinski definition) is 0. The van der Waals surface area contributed by atoms with Crippen molar-refractivity contribution in [1.29, 1.82) is 0 Å². The summed E-state index contributed by atoms with van der Waals surface area (Å²) in [5, 5.41) is 0. The normalized spacial score (nSPS) is 24.2. The monoisotopic (exact) mass is 142 g/mol. The van der Waals surface area contributed by atoms with Crippen LogP contribution < -0.4 is 0 Å². The lowest BCUT2D eigenvalue weighted by molar-refractivity contribution is -0.136. The topological polar surface area (TPSA) is 38.8 Å². The molecule has 0 aromatic carbocycles. The average molecular weight is 142 g/mol. The zero-order chi connectivity index (χ0) is 7.56. The molecule has 0 aromatic heterocycles. The molecule has 0 radical (unpaired) electrons. The average Bonchev–Trinajstić information content (AvgIpc) is 2.70. The summed E-state index contributed by atoms with van der Waals surface area (Å²) in [5.41, 5.74) is 0.616. The van der Waals surface area contributed by atoms with Crippen LogP contribution in [0.5, 0.6) is 0 Å². The molecule has 1 unspecified atom stereocenters. The van der Waals surface area contributed by atoms with Gasteiger partial charge in [-0.3, -0.25) is 0 Å². The number of carbonyl (C=O) groups excluding carboxylic acids is 1. The molecule has 0 aliphatic carbocycles. The molecule has 10 heavy (non-hydrogen) atoms. The summed E-state index contributed by atoms with van der Waals surface area (Å²) in [4.78, 5) is 10.7. The van der Waals surface area contributed by atoms with Crippen molar-refractivity contribution in [2.24, 2.45) is 0 Å². The van der Waals surface area contributed by atoms with Gasteiger partial charge in [0.15, 0.2) is 0 Å². The molecule has 0 bridgehead atoms. The first kappa shape index (κ1) is 7.28. The van der Waals surface area contributed by atoms with Gasteiger partial charge in [-0.2, -0.15) is 0 Å². The Bertz CT molecular complexity index is 168. The van der Waals surface area contributed by atoms with E-state index in [9.17, 15) is 4.79 Å². The van der Waals surface area contributed by atoms with E-state index in [1.807, 2.05) is 0 Å². The van der Waals surface area contributed by atoms with Crippen molar-refractivity contribution in [3.05, 3.63) is 11.6 Å². The number of hydrogen-bond acceptors (Lipinski definition) is 3. The van der Waals surface area contributed by atoms with Crippen molar-refractivity contribution in [3.8, 4) is 0 Å². The maximum Gasteiger partial charge on any atom is 0.333 e. The van der Waals surface area contributed by atoms with Crippen LogP contribution in [0.25, 0.3) is 0 Å². The molecule has 0 aromatic rings. The minimum atomic E-state index is -0.282. The van der Waals surface area contributed by atoms with Gasteiger partial charge in [0.25, 0.3) is 0 Å². The fourth-order valence-corrected chi connectivity index (χ4v) is 0.660. The maximum absolute atomic E-state index is 10.7. The van der Waals surface area contributed by atoms with Gasteiger partial charge in [-0.15, -0.1) is 0 Å². The van der Waals surface area contributed by atoms with Crippen LogP contribution in [-0.2, 0) is 14.3 Å². The Morgan fingerprint density at radius 3 is 2.80 bits per heavy atom. The van der Waals surface area contributed by atoms with Gasteiger partial charge in [-0.1, -0.05) is 0 Å². The van der Waals surface area contributed by atoms with Crippen LogP contribution in [0.2, 0.25) is 0 Å². The number of carbonyl (C=O) groups is 1. The lowest BCUT2D eigenvalue weighted by Crippen LogP contribution is -2.02. The van der Waals surface area contributed by atoms with E-state index >= 15 is 0 Å². The van der Waals surface area contributed by atoms with Crippen LogP contribution in [-0.4, -0.2) is 25.8 Å². The third-order valence-corrected chi connectivity index (χ3v) is 1.30. The third-order valence-electron chi connectivity index (χ3n) is 1.30. The van der Waals surface area contributed by atoms with Crippen molar-refractivity contribution in [2.75, 3.05) is 13.7 Å². The standard InChI is InChI=1S/C7H10O3/c1-5(7(8)9-2)3-6-4-10-6/h3,6H,4H2,1-2H3/b5-3+. The SMILES string of the molecule is COC(=O)/C(C)=C/C1CO1. The molecule has 56 valence electrons. The first-order valence-electron chi connectivity index (χ1n) is 3.12. The highest BCUT2D eigenvalue weighted by molar-refractivity contribution is 5.87. The molecule has 0 N–H and O–H groups in total. The van der Waals surface area contributed by atoms with Crippen LogP contribution in [0.4, 0.5) is 0 Å². The Kier molecular flexibility index (Phi) is 2.06. The van der Waals surface area contributed by atoms with E-state index in [0.717, 1.165) is 6.61 Å². The molecule has 0 saturated carbocycles. The Hall–Kier alpha value is -0.830. The van der Waals surface area contributed by atoms with Gasteiger partial charge in [0.2, 0.25) is 0 Å². The van der Waals surface area contributed by atoms with Crippen molar-refractivity contribution >= 4 is 5.97 Å². The van der Waals surface area contributed by atoms with Crippen molar-refractivity contribution in [3.63, 3.8) is 0 Å². The van der Waals surface area contributed by atoms with Crippen molar-refractivity contribution in [2.45, 2.75) is 13.0 Å². The van der Waals surface area contributed by atoms with Crippen LogP contribution in [0.15, 0.2) is 11.6 Å². The molecule has 1 saturated heterocycles. The molecular formula is C7H10O3. The largest absolute Gasteiger partial charge is 0.466 e. The predicted octanol–water partition coefficient (Wildman–Crippen LogP) is 0.504. The second-order valence-electron chi connectivity index (χ2n) is 2.21. The molecule has 3 nitrogen and oxygen atoms in total. The summed E-state index contributed by atoms with van der Waals surface area (Å²) in [6, 6.07) is 0. The summed E-state index contributed by atoms with van der Waals surface area (Å²) < 4.78 is 9.37. The summed E-state index contributed by atoms with van der Waals surface area (Å²) in [7, 11) is 1.37. The van der Waals surface area contributed by atoms with Gasteiger partial charge in [-0.05, 0) is 13.0 Å². The Balaban J connectivity index is 2.44. The fraction of sp³-hybridized carbons (Fsp3) is 0.571. The van der Waals surface area contributed by atoms with E-state index in [4.69, 9.17) is 4.74 Å². The minimum Gasteiger partial charge on any atom is -0.466 e. The Morgan fingerprint density at radius 1 is 1.80 bits per heavy atom. The third kappa shape index (κ3) is 1.84. The highest BCUT2D eigenvalue weighted by atomic mass is 16.6. The number of ether oxygens (including phenoxy) is 2. The zero-order valence-electron chi connectivity index (χ0n) is 6.09. The van der Waals surface area contributed by atoms with Gasteiger partial charge >= 0.3 is 5.97 Å². The summed E-state index contributed by atoms with van der Waals surface area (Å²) in [6.45, 7) is 2.45. The molecule has 3 heteroatoms. The number of epoxide rings is 1. The minimum absolute atomic E-state index is 0.152. The quantitative estimate of drug-likeness (QED) is 0.320. The second-order valence-corrected chi connectivity index (χ2v) is 2.21. The lowest BCUT2D eigenvalue weighted by Gasteiger charge is -1.95. The summed E-state index contributed by atoms with van der Waals surface area (Å²) in [6.07, 6.45) is 1.92. The molecule has 1 fully saturated rings. The molecule has 0 amide bonds. The Labute approximate surface area is 59.6 Å². The highest BCUT2D eigenvalue weighted by Gasteiger charge is 2.20. The highest BCUT2D eigenvalue weighted by Crippen LogP contribution is 2.12. The van der Waals surface area contributed by atoms with Crippen LogP contribution in [0.3, 0.4) is 0 Å². The fourth-order valence-electron chi connectivity index (χ4n) is 0.660. The first-order chi connectivity index (χ1) is 4.74. The van der Waals surface area contributed by atoms with Crippen LogP contribution in [0, 0.1) is 0 Å². The predicted molar refractivity (Wildman–Crippen MR) is 35.5 cm³/mol. The lowest BCUT2D eigenvalue weighted by atomic mass is 10.2. The van der Waals surface area contributed by atoms with E-state index in [1.165, 1.54) is 7.11 Å². The van der Waals surface area contributed by atoms with Crippen LogP contribution >= 0.6 is 0 Å². The molecule has 1 atom stereocenters. The van der Waals surface area contributed by atoms with Crippen molar-refractivity contribution in [1.82, 2.24) is 0 Å². The van der Waals surface area contributed by atoms with Gasteiger partial charge in [0.1, 0.15) is 0 Å². The van der Waals surface area contributed by atoms with E-state index in [1.54, 1.807) is 13.0 Å². The van der Waals surface area contributed by atoms with Gasteiger partial charge in [-0.25, -0.2) is 4.79 Å². The number of rotatable bonds is 2.